The summed E-state index contributed by atoms with van der Waals surface area (Å²) in [6.07, 6.45) is 0. The maximum atomic E-state index is 12.7. The van der Waals surface area contributed by atoms with Gasteiger partial charge in [0.15, 0.2) is 5.13 Å². The first-order valence-corrected chi connectivity index (χ1v) is 9.98. The molecule has 4 rings (SSSR count). The number of ether oxygens (including phenoxy) is 1. The molecule has 0 fully saturated rings. The highest BCUT2D eigenvalue weighted by molar-refractivity contribution is 7.14. The number of thiazole rings is 1. The monoisotopic (exact) mass is 428 g/mol. The molecule has 0 saturated carbocycles. The molecular formula is C21H14Cl2N2O2S. The van der Waals surface area contributed by atoms with E-state index in [9.17, 15) is 4.79 Å². The number of methoxy groups -OCH3 is 1. The lowest BCUT2D eigenvalue weighted by Crippen LogP contribution is -2.13. The van der Waals surface area contributed by atoms with E-state index >= 15 is 0 Å². The average molecular weight is 429 g/mol. The van der Waals surface area contributed by atoms with Gasteiger partial charge in [0.2, 0.25) is 0 Å². The van der Waals surface area contributed by atoms with Crippen LogP contribution in [0.25, 0.3) is 22.0 Å². The van der Waals surface area contributed by atoms with Crippen LogP contribution in [-0.4, -0.2) is 18.0 Å². The molecule has 7 heteroatoms. The van der Waals surface area contributed by atoms with Crippen molar-refractivity contribution in [3.05, 3.63) is 75.6 Å². The number of anilines is 1. The van der Waals surface area contributed by atoms with Gasteiger partial charge in [-0.1, -0.05) is 59.6 Å². The molecule has 140 valence electrons. The van der Waals surface area contributed by atoms with E-state index in [0.29, 0.717) is 10.2 Å². The molecule has 1 N–H and O–H groups in total. The largest absolute Gasteiger partial charge is 0.494 e. The quantitative estimate of drug-likeness (QED) is 0.401. The number of aromatic nitrogens is 1. The fraction of sp³-hybridized carbons (Fsp3) is 0.0476. The maximum absolute atomic E-state index is 12.7. The van der Waals surface area contributed by atoms with E-state index in [0.717, 1.165) is 16.6 Å². The first-order valence-electron chi connectivity index (χ1n) is 8.34. The summed E-state index contributed by atoms with van der Waals surface area (Å²) in [6, 6.07) is 17.3. The van der Waals surface area contributed by atoms with E-state index < -0.39 is 0 Å². The number of halogens is 2. The third kappa shape index (κ3) is 3.69. The van der Waals surface area contributed by atoms with Crippen molar-refractivity contribution in [1.29, 1.82) is 0 Å². The second-order valence-corrected chi connectivity index (χ2v) is 7.72. The zero-order valence-electron chi connectivity index (χ0n) is 14.7. The van der Waals surface area contributed by atoms with Gasteiger partial charge in [-0.15, -0.1) is 11.3 Å². The number of amides is 1. The van der Waals surface area contributed by atoms with Gasteiger partial charge >= 0.3 is 0 Å². The molecule has 0 unspecified atom stereocenters. The zero-order valence-corrected chi connectivity index (χ0v) is 17.0. The van der Waals surface area contributed by atoms with Crippen molar-refractivity contribution in [2.75, 3.05) is 12.4 Å². The smallest absolute Gasteiger partial charge is 0.261 e. The number of hydrogen-bond acceptors (Lipinski definition) is 4. The Balaban J connectivity index is 1.60. The minimum Gasteiger partial charge on any atom is -0.494 e. The minimum absolute atomic E-state index is 0.252. The Morgan fingerprint density at radius 3 is 2.64 bits per heavy atom. The van der Waals surface area contributed by atoms with Crippen LogP contribution < -0.4 is 10.1 Å². The van der Waals surface area contributed by atoms with Crippen LogP contribution in [0.4, 0.5) is 5.13 Å². The molecule has 0 spiro atoms. The van der Waals surface area contributed by atoms with E-state index in [4.69, 9.17) is 27.9 Å². The summed E-state index contributed by atoms with van der Waals surface area (Å²) in [5.74, 6) is -0.115. The summed E-state index contributed by atoms with van der Waals surface area (Å²) in [4.78, 5) is 17.2. The number of fused-ring (bicyclic) bond motifs is 1. The third-order valence-corrected chi connectivity index (χ3v) is 5.48. The summed E-state index contributed by atoms with van der Waals surface area (Å²) < 4.78 is 5.24. The molecule has 4 nitrogen and oxygen atoms in total. The molecule has 0 aliphatic rings. The lowest BCUT2D eigenvalue weighted by Gasteiger charge is -2.10. The first kappa shape index (κ1) is 18.7. The van der Waals surface area contributed by atoms with Gasteiger partial charge in [-0.2, -0.15) is 0 Å². The van der Waals surface area contributed by atoms with E-state index in [-0.39, 0.29) is 22.2 Å². The van der Waals surface area contributed by atoms with Crippen LogP contribution in [0.3, 0.4) is 0 Å². The first-order chi connectivity index (χ1) is 13.5. The van der Waals surface area contributed by atoms with Crippen molar-refractivity contribution in [2.24, 2.45) is 0 Å². The molecule has 0 bridgehead atoms. The highest BCUT2D eigenvalue weighted by atomic mass is 35.5. The summed E-state index contributed by atoms with van der Waals surface area (Å²) in [5, 5.41) is 8.10. The van der Waals surface area contributed by atoms with E-state index in [1.807, 2.05) is 23.6 Å². The highest BCUT2D eigenvalue weighted by Crippen LogP contribution is 2.33. The molecule has 4 aromatic rings. The van der Waals surface area contributed by atoms with Gasteiger partial charge in [0.25, 0.3) is 5.91 Å². The Hall–Kier alpha value is -2.60. The number of rotatable bonds is 4. The predicted molar refractivity (Wildman–Crippen MR) is 116 cm³/mol. The third-order valence-electron chi connectivity index (χ3n) is 4.23. The van der Waals surface area contributed by atoms with Crippen LogP contribution in [-0.2, 0) is 0 Å². The van der Waals surface area contributed by atoms with Crippen LogP contribution in [0.5, 0.6) is 5.75 Å². The van der Waals surface area contributed by atoms with E-state index in [2.05, 4.69) is 34.6 Å². The number of carbonyl (C=O) groups excluding carboxylic acids is 1. The molecule has 3 aromatic carbocycles. The Bertz CT molecular complexity index is 1190. The van der Waals surface area contributed by atoms with Gasteiger partial charge in [-0.25, -0.2) is 4.98 Å². The SMILES string of the molecule is COc1c(Cl)cc(Cl)cc1C(=O)Nc1nc(-c2ccc3ccccc3c2)cs1. The van der Waals surface area contributed by atoms with Crippen molar-refractivity contribution in [3.8, 4) is 17.0 Å². The minimum atomic E-state index is -0.388. The summed E-state index contributed by atoms with van der Waals surface area (Å²) in [5.41, 5.74) is 2.03. The van der Waals surface area contributed by atoms with Gasteiger partial charge in [0, 0.05) is 16.0 Å². The second-order valence-electron chi connectivity index (χ2n) is 6.02. The standard InChI is InChI=1S/C21H14Cl2N2O2S/c1-27-19-16(9-15(22)10-17(19)23)20(26)25-21-24-18(11-28-21)14-7-6-12-4-2-3-5-13(12)8-14/h2-11H,1H3,(H,24,25,26). The van der Waals surface area contributed by atoms with Gasteiger partial charge in [-0.3, -0.25) is 10.1 Å². The number of carbonyl (C=O) groups is 1. The molecule has 0 aliphatic heterocycles. The average Bonchev–Trinajstić information content (AvgIpc) is 3.15. The fourth-order valence-corrected chi connectivity index (χ4v) is 4.20. The zero-order chi connectivity index (χ0) is 19.7. The number of hydrogen-bond donors (Lipinski definition) is 1. The van der Waals surface area contributed by atoms with Crippen LogP contribution in [0.15, 0.2) is 60.0 Å². The van der Waals surface area contributed by atoms with Crippen molar-refractivity contribution < 1.29 is 9.53 Å². The lowest BCUT2D eigenvalue weighted by atomic mass is 10.1. The lowest BCUT2D eigenvalue weighted by molar-refractivity contribution is 0.102. The van der Waals surface area contributed by atoms with Crippen molar-refractivity contribution in [3.63, 3.8) is 0 Å². The summed E-state index contributed by atoms with van der Waals surface area (Å²) in [6.45, 7) is 0. The Kier molecular flexibility index (Phi) is 5.22. The van der Waals surface area contributed by atoms with Crippen molar-refractivity contribution in [2.45, 2.75) is 0 Å². The topological polar surface area (TPSA) is 51.2 Å². The molecule has 1 heterocycles. The van der Waals surface area contributed by atoms with Crippen LogP contribution >= 0.6 is 34.5 Å². The summed E-state index contributed by atoms with van der Waals surface area (Å²) in [7, 11) is 1.45. The Morgan fingerprint density at radius 2 is 1.86 bits per heavy atom. The van der Waals surface area contributed by atoms with Gasteiger partial charge < -0.3 is 4.74 Å². The number of nitrogens with one attached hydrogen (secondary N) is 1. The summed E-state index contributed by atoms with van der Waals surface area (Å²) >= 11 is 13.5. The predicted octanol–water partition coefficient (Wildman–Crippen LogP) is 6.53. The Labute approximate surface area is 175 Å². The van der Waals surface area contributed by atoms with Gasteiger partial charge in [-0.05, 0) is 29.0 Å². The normalized spacial score (nSPS) is 10.8. The van der Waals surface area contributed by atoms with Crippen LogP contribution in [0, 0.1) is 0 Å². The molecule has 0 aliphatic carbocycles. The van der Waals surface area contributed by atoms with Crippen LogP contribution in [0.2, 0.25) is 10.0 Å². The van der Waals surface area contributed by atoms with Crippen molar-refractivity contribution in [1.82, 2.24) is 4.98 Å². The maximum Gasteiger partial charge on any atom is 0.261 e. The fourth-order valence-electron chi connectivity index (χ4n) is 2.91. The van der Waals surface area contributed by atoms with Gasteiger partial charge in [0.1, 0.15) is 5.75 Å². The number of nitrogens with zero attached hydrogens (tertiary/aromatic N) is 1. The molecule has 1 aromatic heterocycles. The Morgan fingerprint density at radius 1 is 1.07 bits per heavy atom. The molecule has 0 atom stereocenters. The van der Waals surface area contributed by atoms with E-state index in [1.54, 1.807) is 0 Å². The van der Waals surface area contributed by atoms with Gasteiger partial charge in [0.05, 0.1) is 23.4 Å². The van der Waals surface area contributed by atoms with E-state index in [1.165, 1.54) is 36.0 Å². The number of benzene rings is 3. The van der Waals surface area contributed by atoms with Crippen molar-refractivity contribution >= 4 is 56.3 Å². The molecular weight excluding hydrogens is 415 g/mol. The molecule has 28 heavy (non-hydrogen) atoms. The van der Waals surface area contributed by atoms with Crippen LogP contribution in [0.1, 0.15) is 10.4 Å². The molecule has 0 saturated heterocycles. The molecule has 0 radical (unpaired) electrons. The second kappa shape index (κ2) is 7.80. The highest BCUT2D eigenvalue weighted by Gasteiger charge is 2.18. The molecule has 1 amide bonds.